The number of likely N-dealkylation sites (N-methyl/N-ethyl adjacent to an activating group) is 1. The first kappa shape index (κ1) is 12.7. The van der Waals surface area contributed by atoms with E-state index in [1.807, 2.05) is 24.1 Å². The molecule has 3 heterocycles. The van der Waals surface area contributed by atoms with Gasteiger partial charge in [0.2, 0.25) is 5.91 Å². The normalized spacial score (nSPS) is 29.1. The zero-order chi connectivity index (χ0) is 13.3. The standard InChI is InChI=1S/C15H22N2O2/c1-16-14(18)6-2-7-15(16)8-4-9-17(12-15)11-13-5-3-10-19-13/h3,5,10H,2,4,6-9,11-12H2,1H3. The average molecular weight is 262 g/mol. The molecule has 1 aromatic heterocycles. The first-order valence-electron chi connectivity index (χ1n) is 7.21. The summed E-state index contributed by atoms with van der Waals surface area (Å²) in [6.45, 7) is 2.94. The maximum absolute atomic E-state index is 12.0. The largest absolute Gasteiger partial charge is 0.468 e. The molecule has 19 heavy (non-hydrogen) atoms. The molecule has 0 N–H and O–H groups in total. The molecule has 4 nitrogen and oxygen atoms in total. The van der Waals surface area contributed by atoms with Gasteiger partial charge in [0.25, 0.3) is 0 Å². The lowest BCUT2D eigenvalue weighted by molar-refractivity contribution is -0.143. The Bertz CT molecular complexity index is 439. The zero-order valence-electron chi connectivity index (χ0n) is 11.6. The summed E-state index contributed by atoms with van der Waals surface area (Å²) in [5.41, 5.74) is 0.0696. The number of carbonyl (C=O) groups is 1. The number of furan rings is 1. The van der Waals surface area contributed by atoms with E-state index in [4.69, 9.17) is 4.42 Å². The molecule has 2 saturated heterocycles. The highest BCUT2D eigenvalue weighted by Crippen LogP contribution is 2.36. The van der Waals surface area contributed by atoms with Crippen LogP contribution in [0.15, 0.2) is 22.8 Å². The number of amides is 1. The molecule has 0 aliphatic carbocycles. The highest BCUT2D eigenvalue weighted by atomic mass is 16.3. The smallest absolute Gasteiger partial charge is 0.222 e. The summed E-state index contributed by atoms with van der Waals surface area (Å²) in [7, 11) is 1.98. The van der Waals surface area contributed by atoms with Crippen molar-refractivity contribution in [2.75, 3.05) is 20.1 Å². The van der Waals surface area contributed by atoms with Crippen LogP contribution < -0.4 is 0 Å². The molecule has 2 aliphatic rings. The third kappa shape index (κ3) is 2.41. The van der Waals surface area contributed by atoms with E-state index in [0.29, 0.717) is 5.91 Å². The maximum Gasteiger partial charge on any atom is 0.222 e. The van der Waals surface area contributed by atoms with Crippen LogP contribution in [0.4, 0.5) is 0 Å². The molecular formula is C15H22N2O2. The Morgan fingerprint density at radius 3 is 3.00 bits per heavy atom. The summed E-state index contributed by atoms with van der Waals surface area (Å²) in [6, 6.07) is 3.96. The number of rotatable bonds is 2. The number of likely N-dealkylation sites (tertiary alicyclic amines) is 2. The van der Waals surface area contributed by atoms with Gasteiger partial charge in [0, 0.05) is 20.0 Å². The summed E-state index contributed by atoms with van der Waals surface area (Å²) in [6.07, 6.45) is 6.94. The van der Waals surface area contributed by atoms with Crippen LogP contribution >= 0.6 is 0 Å². The number of piperidine rings is 2. The van der Waals surface area contributed by atoms with Crippen LogP contribution in [-0.2, 0) is 11.3 Å². The van der Waals surface area contributed by atoms with Gasteiger partial charge in [-0.05, 0) is 44.4 Å². The Labute approximate surface area is 114 Å². The van der Waals surface area contributed by atoms with E-state index in [-0.39, 0.29) is 5.54 Å². The molecule has 0 saturated carbocycles. The van der Waals surface area contributed by atoms with Crippen molar-refractivity contribution in [2.24, 2.45) is 0 Å². The second-order valence-electron chi connectivity index (χ2n) is 5.92. The Hall–Kier alpha value is -1.29. The topological polar surface area (TPSA) is 36.7 Å². The number of hydrogen-bond donors (Lipinski definition) is 0. The molecule has 2 aliphatic heterocycles. The highest BCUT2D eigenvalue weighted by Gasteiger charge is 2.43. The lowest BCUT2D eigenvalue weighted by Gasteiger charge is -2.50. The number of carbonyl (C=O) groups excluding carboxylic acids is 1. The maximum atomic E-state index is 12.0. The fourth-order valence-electron chi connectivity index (χ4n) is 3.61. The third-order valence-corrected chi connectivity index (χ3v) is 4.71. The first-order valence-corrected chi connectivity index (χ1v) is 7.21. The number of nitrogens with zero attached hydrogens (tertiary/aromatic N) is 2. The SMILES string of the molecule is CN1C(=O)CCCC12CCCN(Cc1ccco1)C2. The van der Waals surface area contributed by atoms with Crippen molar-refractivity contribution < 1.29 is 9.21 Å². The van der Waals surface area contributed by atoms with Gasteiger partial charge in [-0.15, -0.1) is 0 Å². The number of hydrogen-bond acceptors (Lipinski definition) is 3. The summed E-state index contributed by atoms with van der Waals surface area (Å²) in [5, 5.41) is 0. The van der Waals surface area contributed by atoms with Crippen molar-refractivity contribution in [1.29, 1.82) is 0 Å². The Kier molecular flexibility index (Phi) is 3.35. The van der Waals surface area contributed by atoms with Gasteiger partial charge < -0.3 is 9.32 Å². The van der Waals surface area contributed by atoms with E-state index < -0.39 is 0 Å². The quantitative estimate of drug-likeness (QED) is 0.820. The summed E-state index contributed by atoms with van der Waals surface area (Å²) >= 11 is 0. The fraction of sp³-hybridized carbons (Fsp3) is 0.667. The monoisotopic (exact) mass is 262 g/mol. The van der Waals surface area contributed by atoms with E-state index >= 15 is 0 Å². The van der Waals surface area contributed by atoms with Crippen LogP contribution in [0.2, 0.25) is 0 Å². The third-order valence-electron chi connectivity index (χ3n) is 4.71. The lowest BCUT2D eigenvalue weighted by atomic mass is 9.80. The highest BCUT2D eigenvalue weighted by molar-refractivity contribution is 5.77. The molecule has 0 aromatic carbocycles. The van der Waals surface area contributed by atoms with E-state index in [1.54, 1.807) is 6.26 Å². The van der Waals surface area contributed by atoms with Gasteiger partial charge in [-0.1, -0.05) is 0 Å². The second-order valence-corrected chi connectivity index (χ2v) is 5.92. The molecule has 1 aromatic rings. The zero-order valence-corrected chi connectivity index (χ0v) is 11.6. The van der Waals surface area contributed by atoms with Gasteiger partial charge in [0.15, 0.2) is 0 Å². The first-order chi connectivity index (χ1) is 9.20. The van der Waals surface area contributed by atoms with Crippen LogP contribution in [0.3, 0.4) is 0 Å². The van der Waals surface area contributed by atoms with E-state index in [2.05, 4.69) is 4.90 Å². The average Bonchev–Trinajstić information content (AvgIpc) is 2.89. The molecule has 1 amide bonds. The lowest BCUT2D eigenvalue weighted by Crippen LogP contribution is -2.60. The molecule has 1 spiro atoms. The minimum atomic E-state index is 0.0696. The fourth-order valence-corrected chi connectivity index (χ4v) is 3.61. The van der Waals surface area contributed by atoms with Crippen LogP contribution in [0, 0.1) is 0 Å². The molecule has 1 unspecified atom stereocenters. The van der Waals surface area contributed by atoms with E-state index in [1.165, 1.54) is 6.42 Å². The van der Waals surface area contributed by atoms with Crippen molar-refractivity contribution in [3.05, 3.63) is 24.2 Å². The molecule has 4 heteroatoms. The Balaban J connectivity index is 1.71. The Morgan fingerprint density at radius 1 is 1.37 bits per heavy atom. The summed E-state index contributed by atoms with van der Waals surface area (Å²) < 4.78 is 5.44. The van der Waals surface area contributed by atoms with Gasteiger partial charge in [-0.3, -0.25) is 9.69 Å². The van der Waals surface area contributed by atoms with Crippen molar-refractivity contribution in [3.63, 3.8) is 0 Å². The van der Waals surface area contributed by atoms with Gasteiger partial charge in [-0.25, -0.2) is 0 Å². The Morgan fingerprint density at radius 2 is 2.21 bits per heavy atom. The van der Waals surface area contributed by atoms with E-state index in [0.717, 1.165) is 51.1 Å². The summed E-state index contributed by atoms with van der Waals surface area (Å²) in [4.78, 5) is 16.4. The van der Waals surface area contributed by atoms with Crippen LogP contribution in [0.5, 0.6) is 0 Å². The second kappa shape index (κ2) is 5.00. The minimum Gasteiger partial charge on any atom is -0.468 e. The van der Waals surface area contributed by atoms with Crippen molar-refractivity contribution >= 4 is 5.91 Å². The minimum absolute atomic E-state index is 0.0696. The van der Waals surface area contributed by atoms with Gasteiger partial charge in [0.05, 0.1) is 18.3 Å². The molecular weight excluding hydrogens is 240 g/mol. The van der Waals surface area contributed by atoms with Crippen LogP contribution in [0.25, 0.3) is 0 Å². The molecule has 3 rings (SSSR count). The molecule has 2 fully saturated rings. The van der Waals surface area contributed by atoms with Crippen LogP contribution in [-0.4, -0.2) is 41.4 Å². The van der Waals surface area contributed by atoms with Crippen molar-refractivity contribution in [3.8, 4) is 0 Å². The van der Waals surface area contributed by atoms with Crippen LogP contribution in [0.1, 0.15) is 37.9 Å². The molecule has 0 bridgehead atoms. The van der Waals surface area contributed by atoms with E-state index in [9.17, 15) is 4.79 Å². The predicted octanol–water partition coefficient (Wildman–Crippen LogP) is 2.26. The van der Waals surface area contributed by atoms with Gasteiger partial charge >= 0.3 is 0 Å². The summed E-state index contributed by atoms with van der Waals surface area (Å²) in [5.74, 6) is 1.33. The van der Waals surface area contributed by atoms with Gasteiger partial charge in [-0.2, -0.15) is 0 Å². The predicted molar refractivity (Wildman–Crippen MR) is 72.6 cm³/mol. The van der Waals surface area contributed by atoms with Crippen molar-refractivity contribution in [1.82, 2.24) is 9.80 Å². The van der Waals surface area contributed by atoms with Crippen molar-refractivity contribution in [2.45, 2.75) is 44.2 Å². The van der Waals surface area contributed by atoms with Gasteiger partial charge in [0.1, 0.15) is 5.76 Å². The molecule has 0 radical (unpaired) electrons. The molecule has 1 atom stereocenters. The molecule has 104 valence electrons.